The molecule has 1 N–H and O–H groups in total. The molecule has 19 heavy (non-hydrogen) atoms. The number of hydrogen-bond donors (Lipinski definition) is 1. The van der Waals surface area contributed by atoms with E-state index in [1.807, 2.05) is 31.3 Å². The molecule has 5 heteroatoms. The molecule has 2 aromatic rings. The largest absolute Gasteiger partial charge is 0.372 e. The Balaban J connectivity index is 1.94. The number of rotatable bonds is 3. The van der Waals surface area contributed by atoms with E-state index >= 15 is 0 Å². The first-order valence-electron chi connectivity index (χ1n) is 6.12. The van der Waals surface area contributed by atoms with Gasteiger partial charge in [0, 0.05) is 18.7 Å². The smallest absolute Gasteiger partial charge is 0.258 e. The lowest BCUT2D eigenvalue weighted by molar-refractivity contribution is -0.673. The summed E-state index contributed by atoms with van der Waals surface area (Å²) in [6.45, 7) is 0.494. The molecule has 5 nitrogen and oxygen atoms in total. The number of fused-ring (bicyclic) bond motifs is 1. The average Bonchev–Trinajstić information content (AvgIpc) is 2.80. The Kier molecular flexibility index (Phi) is 3.06. The summed E-state index contributed by atoms with van der Waals surface area (Å²) < 4.78 is 5.12. The van der Waals surface area contributed by atoms with Crippen molar-refractivity contribution in [2.45, 2.75) is 0 Å². The van der Waals surface area contributed by atoms with Crippen LogP contribution in [0.15, 0.2) is 46.7 Å². The van der Waals surface area contributed by atoms with Gasteiger partial charge in [0.2, 0.25) is 0 Å². The fourth-order valence-corrected chi connectivity index (χ4v) is 2.17. The molecule has 0 saturated heterocycles. The van der Waals surface area contributed by atoms with E-state index in [0.29, 0.717) is 6.61 Å². The number of ether oxygens (including phenoxy) is 1. The maximum atomic E-state index is 5.12. The second-order valence-electron chi connectivity index (χ2n) is 4.46. The summed E-state index contributed by atoms with van der Waals surface area (Å²) in [7, 11) is 3.69. The lowest BCUT2D eigenvalue weighted by Gasteiger charge is -2.10. The molecule has 1 unspecified atom stereocenters. The number of hydrogen-bond acceptors (Lipinski definition) is 4. The van der Waals surface area contributed by atoms with Crippen LogP contribution in [0.3, 0.4) is 0 Å². The molecule has 0 radical (unpaired) electrons. The number of methoxy groups -OCH3 is 1. The lowest BCUT2D eigenvalue weighted by Crippen LogP contribution is -3.13. The minimum atomic E-state index is 0.494. The number of nitrogens with zero attached hydrogens (tertiary/aromatic N) is 3. The fourth-order valence-electron chi connectivity index (χ4n) is 2.17. The zero-order chi connectivity index (χ0) is 13.2. The molecule has 1 aromatic carbocycles. The van der Waals surface area contributed by atoms with Crippen LogP contribution in [0.1, 0.15) is 5.56 Å². The van der Waals surface area contributed by atoms with Gasteiger partial charge in [0.15, 0.2) is 0 Å². The van der Waals surface area contributed by atoms with Gasteiger partial charge in [0.1, 0.15) is 6.61 Å². The van der Waals surface area contributed by atoms with Gasteiger partial charge < -0.3 is 4.74 Å². The summed E-state index contributed by atoms with van der Waals surface area (Å²) in [5.74, 6) is 1.81. The highest BCUT2D eigenvalue weighted by Crippen LogP contribution is 2.13. The van der Waals surface area contributed by atoms with E-state index in [1.165, 1.54) is 0 Å². The van der Waals surface area contributed by atoms with Gasteiger partial charge in [-0.2, -0.15) is 0 Å². The molecular weight excluding hydrogens is 240 g/mol. The molecule has 0 aliphatic carbocycles. The topological polar surface area (TPSA) is 51.3 Å². The third-order valence-corrected chi connectivity index (χ3v) is 3.22. The average molecular weight is 255 g/mol. The quantitative estimate of drug-likeness (QED) is 0.866. The number of quaternary nitrogens is 1. The van der Waals surface area contributed by atoms with E-state index in [0.717, 1.165) is 33.0 Å². The third kappa shape index (κ3) is 2.14. The summed E-state index contributed by atoms with van der Waals surface area (Å²) in [6, 6.07) is 10.1. The monoisotopic (exact) mass is 255 g/mol. The van der Waals surface area contributed by atoms with Crippen LogP contribution in [0.5, 0.6) is 0 Å². The Morgan fingerprint density at radius 3 is 2.95 bits per heavy atom. The number of amidine groups is 2. The molecule has 0 spiro atoms. The maximum absolute atomic E-state index is 5.12. The SMILES string of the molecule is COCC1=NN=C(c2ccc3ncccc3c2)[NH+]1C. The van der Waals surface area contributed by atoms with E-state index in [-0.39, 0.29) is 0 Å². The first kappa shape index (κ1) is 12.0. The summed E-state index contributed by atoms with van der Waals surface area (Å²) in [4.78, 5) is 5.39. The first-order valence-corrected chi connectivity index (χ1v) is 6.12. The van der Waals surface area contributed by atoms with Crippen molar-refractivity contribution in [2.75, 3.05) is 20.8 Å². The Morgan fingerprint density at radius 1 is 1.21 bits per heavy atom. The van der Waals surface area contributed by atoms with Gasteiger partial charge in [-0.15, -0.1) is 0 Å². The van der Waals surface area contributed by atoms with Crippen molar-refractivity contribution in [1.29, 1.82) is 0 Å². The minimum Gasteiger partial charge on any atom is -0.372 e. The molecule has 1 aromatic heterocycles. The molecule has 1 aliphatic heterocycles. The Bertz CT molecular complexity index is 678. The molecule has 0 amide bonds. The van der Waals surface area contributed by atoms with Crippen molar-refractivity contribution in [1.82, 2.24) is 4.98 Å². The molecule has 1 atom stereocenters. The van der Waals surface area contributed by atoms with Gasteiger partial charge in [-0.1, -0.05) is 16.3 Å². The number of likely N-dealkylation sites (N-methyl/N-ethyl adjacent to an activating group) is 1. The minimum absolute atomic E-state index is 0.494. The zero-order valence-corrected chi connectivity index (χ0v) is 10.9. The molecule has 96 valence electrons. The standard InChI is InChI=1S/C14H14N4O/c1-18-13(9-19-2)16-17-14(18)11-5-6-12-10(8-11)4-3-7-15-12/h3-8H,9H2,1-2H3/p+1. The molecule has 0 saturated carbocycles. The summed E-state index contributed by atoms with van der Waals surface area (Å²) in [6.07, 6.45) is 1.80. The Morgan fingerprint density at radius 2 is 2.11 bits per heavy atom. The van der Waals surface area contributed by atoms with Crippen LogP contribution in [0.4, 0.5) is 0 Å². The van der Waals surface area contributed by atoms with Crippen LogP contribution in [0.25, 0.3) is 10.9 Å². The van der Waals surface area contributed by atoms with Crippen molar-refractivity contribution in [3.8, 4) is 0 Å². The summed E-state index contributed by atoms with van der Waals surface area (Å²) >= 11 is 0. The third-order valence-electron chi connectivity index (χ3n) is 3.22. The molecular formula is C14H15N4O+. The molecule has 0 bridgehead atoms. The highest BCUT2D eigenvalue weighted by atomic mass is 16.5. The van der Waals surface area contributed by atoms with Crippen molar-refractivity contribution >= 4 is 22.6 Å². The predicted molar refractivity (Wildman–Crippen MR) is 74.5 cm³/mol. The maximum Gasteiger partial charge on any atom is 0.258 e. The number of aromatic nitrogens is 1. The highest BCUT2D eigenvalue weighted by Gasteiger charge is 2.26. The predicted octanol–water partition coefficient (Wildman–Crippen LogP) is 0.470. The van der Waals surface area contributed by atoms with Crippen molar-refractivity contribution in [3.05, 3.63) is 42.1 Å². The summed E-state index contributed by atoms with van der Waals surface area (Å²) in [5, 5.41) is 9.54. The second-order valence-corrected chi connectivity index (χ2v) is 4.46. The van der Waals surface area contributed by atoms with Crippen LogP contribution in [-0.2, 0) is 4.74 Å². The van der Waals surface area contributed by atoms with Crippen LogP contribution in [0, 0.1) is 0 Å². The lowest BCUT2D eigenvalue weighted by atomic mass is 10.1. The van der Waals surface area contributed by atoms with Crippen molar-refractivity contribution < 1.29 is 9.64 Å². The number of nitrogens with one attached hydrogen (secondary N) is 1. The van der Waals surface area contributed by atoms with E-state index in [4.69, 9.17) is 4.74 Å². The van der Waals surface area contributed by atoms with Crippen molar-refractivity contribution in [3.63, 3.8) is 0 Å². The Hall–Kier alpha value is -2.11. The van der Waals surface area contributed by atoms with Crippen LogP contribution in [0.2, 0.25) is 0 Å². The summed E-state index contributed by atoms with van der Waals surface area (Å²) in [5.41, 5.74) is 2.05. The molecule has 3 rings (SSSR count). The van der Waals surface area contributed by atoms with Gasteiger partial charge in [-0.3, -0.25) is 4.98 Å². The van der Waals surface area contributed by atoms with E-state index in [1.54, 1.807) is 13.3 Å². The van der Waals surface area contributed by atoms with Gasteiger partial charge in [-0.05, 0) is 24.3 Å². The first-order chi connectivity index (χ1) is 9.29. The normalized spacial score (nSPS) is 18.5. The van der Waals surface area contributed by atoms with E-state index in [9.17, 15) is 0 Å². The van der Waals surface area contributed by atoms with Crippen LogP contribution >= 0.6 is 0 Å². The number of pyridine rings is 1. The molecule has 2 heterocycles. The van der Waals surface area contributed by atoms with E-state index in [2.05, 4.69) is 21.3 Å². The van der Waals surface area contributed by atoms with Gasteiger partial charge in [0.25, 0.3) is 11.7 Å². The highest BCUT2D eigenvalue weighted by molar-refractivity contribution is 6.02. The van der Waals surface area contributed by atoms with Gasteiger partial charge in [-0.25, -0.2) is 4.90 Å². The molecule has 1 aliphatic rings. The second kappa shape index (κ2) is 4.87. The zero-order valence-electron chi connectivity index (χ0n) is 10.9. The van der Waals surface area contributed by atoms with Gasteiger partial charge in [0.05, 0.1) is 18.1 Å². The fraction of sp³-hybridized carbons (Fsp3) is 0.214. The number of benzene rings is 1. The van der Waals surface area contributed by atoms with Crippen LogP contribution < -0.4 is 4.90 Å². The van der Waals surface area contributed by atoms with Gasteiger partial charge >= 0.3 is 0 Å². The van der Waals surface area contributed by atoms with E-state index < -0.39 is 0 Å². The van der Waals surface area contributed by atoms with Crippen molar-refractivity contribution in [2.24, 2.45) is 10.2 Å². The molecule has 0 fully saturated rings. The van der Waals surface area contributed by atoms with Crippen LogP contribution in [-0.4, -0.2) is 37.4 Å². The Labute approximate surface area is 111 Å².